The largest absolute Gasteiger partial charge is 0.355 e. The molecule has 1 aliphatic carbocycles. The van der Waals surface area contributed by atoms with E-state index >= 15 is 0 Å². The van der Waals surface area contributed by atoms with Crippen LogP contribution in [-0.2, 0) is 0 Å². The molecule has 1 aliphatic rings. The van der Waals surface area contributed by atoms with Crippen LogP contribution in [-0.4, -0.2) is 11.6 Å². The fourth-order valence-corrected chi connectivity index (χ4v) is 2.93. The Morgan fingerprint density at radius 3 is 1.96 bits per heavy atom. The van der Waals surface area contributed by atoms with Gasteiger partial charge in [-0.2, -0.15) is 0 Å². The van der Waals surface area contributed by atoms with Crippen LogP contribution in [0.3, 0.4) is 0 Å². The number of benzene rings is 3. The topological polar surface area (TPSA) is 58.2 Å². The molecule has 0 unspecified atom stereocenters. The van der Waals surface area contributed by atoms with E-state index in [1.54, 1.807) is 24.3 Å². The summed E-state index contributed by atoms with van der Waals surface area (Å²) in [5.41, 5.74) is 3.75. The zero-order valence-corrected chi connectivity index (χ0v) is 13.9. The van der Waals surface area contributed by atoms with Gasteiger partial charge in [0.25, 0.3) is 0 Å². The monoisotopic (exact) mass is 340 g/mol. The summed E-state index contributed by atoms with van der Waals surface area (Å²) in [6.07, 6.45) is 1.36. The first-order valence-corrected chi connectivity index (χ1v) is 8.29. The summed E-state index contributed by atoms with van der Waals surface area (Å²) in [4.78, 5) is 24.9. The standard InChI is InChI=1S/C22H16N2O2/c25-21-14-20(22(26)19-12-5-4-11-18(19)21)24-17-10-6-9-16(13-17)23-15-7-2-1-3-8-15/h1-14,23-24H. The molecule has 3 aromatic carbocycles. The molecular weight excluding hydrogens is 324 g/mol. The van der Waals surface area contributed by atoms with E-state index in [9.17, 15) is 9.59 Å². The molecule has 0 amide bonds. The Morgan fingerprint density at radius 1 is 0.577 bits per heavy atom. The number of carbonyl (C=O) groups excluding carboxylic acids is 2. The van der Waals surface area contributed by atoms with Crippen LogP contribution in [0.15, 0.2) is 90.6 Å². The van der Waals surface area contributed by atoms with E-state index in [4.69, 9.17) is 0 Å². The van der Waals surface area contributed by atoms with Crippen LogP contribution in [0.1, 0.15) is 20.7 Å². The summed E-state index contributed by atoms with van der Waals surface area (Å²) in [6, 6.07) is 24.3. The van der Waals surface area contributed by atoms with Gasteiger partial charge in [0.05, 0.1) is 5.70 Å². The second-order valence-corrected chi connectivity index (χ2v) is 5.99. The minimum atomic E-state index is -0.179. The van der Waals surface area contributed by atoms with Crippen LogP contribution < -0.4 is 10.6 Å². The minimum Gasteiger partial charge on any atom is -0.355 e. The van der Waals surface area contributed by atoms with Crippen molar-refractivity contribution in [3.8, 4) is 0 Å². The number of Topliss-reactive ketones (excluding diaryl/α,β-unsaturated/α-hetero) is 1. The summed E-state index contributed by atoms with van der Waals surface area (Å²) in [6.45, 7) is 0. The second-order valence-electron chi connectivity index (χ2n) is 5.99. The maximum atomic E-state index is 12.6. The number of rotatable bonds is 4. The highest BCUT2D eigenvalue weighted by atomic mass is 16.1. The Morgan fingerprint density at radius 2 is 1.19 bits per heavy atom. The van der Waals surface area contributed by atoms with Crippen LogP contribution in [0, 0.1) is 0 Å². The Labute approximate surface area is 151 Å². The summed E-state index contributed by atoms with van der Waals surface area (Å²) in [7, 11) is 0. The van der Waals surface area contributed by atoms with E-state index < -0.39 is 0 Å². The molecule has 0 fully saturated rings. The van der Waals surface area contributed by atoms with Crippen molar-refractivity contribution in [2.45, 2.75) is 0 Å². The molecule has 26 heavy (non-hydrogen) atoms. The first-order valence-electron chi connectivity index (χ1n) is 8.29. The predicted molar refractivity (Wildman–Crippen MR) is 103 cm³/mol. The van der Waals surface area contributed by atoms with Crippen molar-refractivity contribution in [2.24, 2.45) is 0 Å². The van der Waals surface area contributed by atoms with Crippen LogP contribution in [0.25, 0.3) is 0 Å². The van der Waals surface area contributed by atoms with E-state index in [-0.39, 0.29) is 17.3 Å². The van der Waals surface area contributed by atoms with Crippen LogP contribution in [0.2, 0.25) is 0 Å². The van der Waals surface area contributed by atoms with Crippen LogP contribution in [0.5, 0.6) is 0 Å². The Balaban J connectivity index is 1.57. The van der Waals surface area contributed by atoms with Crippen molar-refractivity contribution in [3.63, 3.8) is 0 Å². The van der Waals surface area contributed by atoms with Gasteiger partial charge in [-0.1, -0.05) is 48.5 Å². The number of carbonyl (C=O) groups is 2. The van der Waals surface area contributed by atoms with Gasteiger partial charge in [0.1, 0.15) is 0 Å². The molecule has 3 aromatic rings. The van der Waals surface area contributed by atoms with Gasteiger partial charge in [-0.3, -0.25) is 9.59 Å². The molecule has 126 valence electrons. The number of ketones is 2. The molecule has 4 rings (SSSR count). The van der Waals surface area contributed by atoms with Crippen molar-refractivity contribution in [1.82, 2.24) is 0 Å². The Bertz CT molecular complexity index is 1020. The molecule has 0 radical (unpaired) electrons. The van der Waals surface area contributed by atoms with Crippen molar-refractivity contribution < 1.29 is 9.59 Å². The third kappa shape index (κ3) is 3.13. The van der Waals surface area contributed by atoms with Gasteiger partial charge in [0.2, 0.25) is 5.78 Å². The predicted octanol–water partition coefficient (Wildman–Crippen LogP) is 4.81. The molecule has 0 bridgehead atoms. The first-order chi connectivity index (χ1) is 12.7. The Kier molecular flexibility index (Phi) is 4.07. The summed E-state index contributed by atoms with van der Waals surface area (Å²) in [5, 5.41) is 6.38. The lowest BCUT2D eigenvalue weighted by Crippen LogP contribution is -2.21. The van der Waals surface area contributed by atoms with Crippen LogP contribution in [0.4, 0.5) is 17.1 Å². The molecule has 2 N–H and O–H groups in total. The zero-order valence-electron chi connectivity index (χ0n) is 13.9. The lowest BCUT2D eigenvalue weighted by molar-refractivity contribution is 0.0985. The number of hydrogen-bond donors (Lipinski definition) is 2. The van der Waals surface area contributed by atoms with Gasteiger partial charge < -0.3 is 10.6 Å². The quantitative estimate of drug-likeness (QED) is 0.716. The highest BCUT2D eigenvalue weighted by Gasteiger charge is 2.25. The van der Waals surface area contributed by atoms with E-state index in [1.807, 2.05) is 54.6 Å². The third-order valence-corrected chi connectivity index (χ3v) is 4.16. The molecule has 0 atom stereocenters. The van der Waals surface area contributed by atoms with Crippen molar-refractivity contribution in [3.05, 3.63) is 102 Å². The van der Waals surface area contributed by atoms with E-state index in [1.165, 1.54) is 6.08 Å². The lowest BCUT2D eigenvalue weighted by Gasteiger charge is -2.17. The highest BCUT2D eigenvalue weighted by Crippen LogP contribution is 2.25. The lowest BCUT2D eigenvalue weighted by atomic mass is 9.92. The summed E-state index contributed by atoms with van der Waals surface area (Å²) < 4.78 is 0. The van der Waals surface area contributed by atoms with Gasteiger partial charge in [-0.25, -0.2) is 0 Å². The molecule has 0 saturated carbocycles. The third-order valence-electron chi connectivity index (χ3n) is 4.16. The molecule has 0 spiro atoms. The number of anilines is 3. The minimum absolute atomic E-state index is 0.165. The summed E-state index contributed by atoms with van der Waals surface area (Å²) >= 11 is 0. The van der Waals surface area contributed by atoms with Gasteiger partial charge in [-0.15, -0.1) is 0 Å². The fraction of sp³-hybridized carbons (Fsp3) is 0. The number of hydrogen-bond acceptors (Lipinski definition) is 4. The first kappa shape index (κ1) is 15.8. The van der Waals surface area contributed by atoms with E-state index in [2.05, 4.69) is 10.6 Å². The molecule has 0 aromatic heterocycles. The van der Waals surface area contributed by atoms with Crippen LogP contribution >= 0.6 is 0 Å². The second kappa shape index (κ2) is 6.69. The maximum Gasteiger partial charge on any atom is 0.210 e. The van der Waals surface area contributed by atoms with E-state index in [0.29, 0.717) is 11.1 Å². The maximum absolute atomic E-state index is 12.6. The Hall–Kier alpha value is -3.66. The van der Waals surface area contributed by atoms with Gasteiger partial charge >= 0.3 is 0 Å². The molecule has 0 aliphatic heterocycles. The van der Waals surface area contributed by atoms with Crippen molar-refractivity contribution in [2.75, 3.05) is 10.6 Å². The molecule has 4 nitrogen and oxygen atoms in total. The van der Waals surface area contributed by atoms with Crippen molar-refractivity contribution >= 4 is 28.6 Å². The fourth-order valence-electron chi connectivity index (χ4n) is 2.93. The van der Waals surface area contributed by atoms with E-state index in [0.717, 1.165) is 17.1 Å². The van der Waals surface area contributed by atoms with Gasteiger partial charge in [0, 0.05) is 34.3 Å². The summed E-state index contributed by atoms with van der Waals surface area (Å²) in [5.74, 6) is -0.345. The smallest absolute Gasteiger partial charge is 0.210 e. The average Bonchev–Trinajstić information content (AvgIpc) is 2.67. The molecule has 4 heteroatoms. The normalized spacial score (nSPS) is 13.0. The number of allylic oxidation sites excluding steroid dienone is 2. The van der Waals surface area contributed by atoms with Gasteiger partial charge in [0.15, 0.2) is 5.78 Å². The molecular formula is C22H16N2O2. The molecule has 0 heterocycles. The highest BCUT2D eigenvalue weighted by molar-refractivity contribution is 6.25. The van der Waals surface area contributed by atoms with Crippen molar-refractivity contribution in [1.29, 1.82) is 0 Å². The zero-order chi connectivity index (χ0) is 17.9. The average molecular weight is 340 g/mol. The number of para-hydroxylation sites is 1. The number of nitrogens with one attached hydrogen (secondary N) is 2. The van der Waals surface area contributed by atoms with Gasteiger partial charge in [-0.05, 0) is 30.3 Å². The SMILES string of the molecule is O=C1C=C(Nc2cccc(Nc3ccccc3)c2)C(=O)c2ccccc21. The number of fused-ring (bicyclic) bond motifs is 1. The molecule has 0 saturated heterocycles.